The number of likely N-dealkylation sites (tertiary alicyclic amines) is 1. The predicted molar refractivity (Wildman–Crippen MR) is 83.9 cm³/mol. The Morgan fingerprint density at radius 2 is 1.90 bits per heavy atom. The first-order chi connectivity index (χ1) is 9.64. The number of hydrogen-bond donors (Lipinski definition) is 1. The fraction of sp³-hybridized carbons (Fsp3) is 0.867. The number of rotatable bonds is 3. The molecule has 2 aliphatic rings. The highest BCUT2D eigenvalue weighted by molar-refractivity contribution is 8.01. The maximum Gasteiger partial charge on any atom is 0.319 e. The fourth-order valence-corrected chi connectivity index (χ4v) is 4.02. The highest BCUT2D eigenvalue weighted by Gasteiger charge is 2.50. The maximum absolute atomic E-state index is 12.6. The van der Waals surface area contributed by atoms with Crippen molar-refractivity contribution in [2.45, 2.75) is 45.1 Å². The molecule has 0 aliphatic carbocycles. The number of ether oxygens (including phenoxy) is 1. The summed E-state index contributed by atoms with van der Waals surface area (Å²) in [6, 6.07) is 0. The molecule has 0 bridgehead atoms. The lowest BCUT2D eigenvalue weighted by Gasteiger charge is -2.48. The highest BCUT2D eigenvalue weighted by atomic mass is 32.2. The van der Waals surface area contributed by atoms with E-state index in [0.717, 1.165) is 12.3 Å². The number of carbonyl (C=O) groups excluding carboxylic acids is 2. The second kappa shape index (κ2) is 5.80. The van der Waals surface area contributed by atoms with Crippen LogP contribution in [0.5, 0.6) is 0 Å². The Morgan fingerprint density at radius 3 is 2.33 bits per heavy atom. The Bertz CT molecular complexity index is 417. The van der Waals surface area contributed by atoms with E-state index in [2.05, 4.69) is 5.32 Å². The molecule has 1 N–H and O–H groups in total. The first-order valence-corrected chi connectivity index (χ1v) is 8.53. The van der Waals surface area contributed by atoms with Gasteiger partial charge in [0.25, 0.3) is 0 Å². The summed E-state index contributed by atoms with van der Waals surface area (Å²) in [5.74, 6) is -0.183. The van der Waals surface area contributed by atoms with Gasteiger partial charge < -0.3 is 9.64 Å². The van der Waals surface area contributed by atoms with Crippen molar-refractivity contribution in [3.8, 4) is 0 Å². The lowest BCUT2D eigenvalue weighted by Crippen LogP contribution is -2.67. The van der Waals surface area contributed by atoms with Gasteiger partial charge in [-0.05, 0) is 26.7 Å². The Labute approximate surface area is 131 Å². The first-order valence-electron chi connectivity index (χ1n) is 7.54. The van der Waals surface area contributed by atoms with E-state index in [4.69, 9.17) is 4.74 Å². The fourth-order valence-electron chi connectivity index (χ4n) is 2.73. The van der Waals surface area contributed by atoms with Crippen LogP contribution in [0.15, 0.2) is 0 Å². The Balaban J connectivity index is 1.99. The molecule has 2 aliphatic heterocycles. The van der Waals surface area contributed by atoms with Crippen LogP contribution in [-0.2, 0) is 14.3 Å². The van der Waals surface area contributed by atoms with Crippen LogP contribution in [-0.4, -0.2) is 52.6 Å². The van der Waals surface area contributed by atoms with Gasteiger partial charge in [-0.1, -0.05) is 13.8 Å². The second-order valence-electron chi connectivity index (χ2n) is 7.22. The minimum absolute atomic E-state index is 0.0329. The lowest BCUT2D eigenvalue weighted by molar-refractivity contribution is -0.168. The van der Waals surface area contributed by atoms with Crippen molar-refractivity contribution in [1.82, 2.24) is 10.2 Å². The third-order valence-electron chi connectivity index (χ3n) is 3.73. The van der Waals surface area contributed by atoms with Crippen LogP contribution in [0.25, 0.3) is 0 Å². The molecule has 0 saturated carbocycles. The van der Waals surface area contributed by atoms with Gasteiger partial charge in [0, 0.05) is 12.3 Å². The van der Waals surface area contributed by atoms with Crippen LogP contribution >= 0.6 is 11.8 Å². The Hall–Kier alpha value is -0.750. The summed E-state index contributed by atoms with van der Waals surface area (Å²) in [4.78, 5) is 26.7. The van der Waals surface area contributed by atoms with Crippen LogP contribution in [0.1, 0.15) is 34.6 Å². The number of esters is 1. The molecule has 6 heteroatoms. The summed E-state index contributed by atoms with van der Waals surface area (Å²) in [5, 5.41) is 3.44. The molecule has 0 radical (unpaired) electrons. The summed E-state index contributed by atoms with van der Waals surface area (Å²) in [6.45, 7) is 11.6. The van der Waals surface area contributed by atoms with E-state index < -0.39 is 17.5 Å². The zero-order chi connectivity index (χ0) is 15.8. The number of thioether (sulfide) groups is 1. The summed E-state index contributed by atoms with van der Waals surface area (Å²) in [5.41, 5.74) is -0.566. The number of hydrogen-bond acceptors (Lipinski definition) is 5. The van der Waals surface area contributed by atoms with Gasteiger partial charge in [0.15, 0.2) is 0 Å². The molecular formula is C15H26N2O3S. The molecule has 2 rings (SSSR count). The molecule has 120 valence electrons. The number of nitrogens with zero attached hydrogens (tertiary/aromatic N) is 1. The smallest absolute Gasteiger partial charge is 0.319 e. The molecule has 2 heterocycles. The van der Waals surface area contributed by atoms with Crippen LogP contribution in [0, 0.1) is 11.8 Å². The summed E-state index contributed by atoms with van der Waals surface area (Å²) in [6.07, 6.45) is 0. The quantitative estimate of drug-likeness (QED) is 0.631. The molecule has 1 atom stereocenters. The van der Waals surface area contributed by atoms with Gasteiger partial charge in [0.2, 0.25) is 5.91 Å². The van der Waals surface area contributed by atoms with Crippen molar-refractivity contribution in [2.24, 2.45) is 11.8 Å². The van der Waals surface area contributed by atoms with Gasteiger partial charge in [0.1, 0.15) is 16.4 Å². The SMILES string of the molecule is CC(C)C(C(=O)OC(C)(C)C)C(=O)N1CC2(C1)NCCS2. The maximum atomic E-state index is 12.6. The minimum Gasteiger partial charge on any atom is -0.459 e. The predicted octanol–water partition coefficient (Wildman–Crippen LogP) is 1.48. The van der Waals surface area contributed by atoms with Crippen molar-refractivity contribution in [3.05, 3.63) is 0 Å². The van der Waals surface area contributed by atoms with E-state index in [0.29, 0.717) is 13.1 Å². The van der Waals surface area contributed by atoms with Crippen molar-refractivity contribution < 1.29 is 14.3 Å². The molecular weight excluding hydrogens is 288 g/mol. The minimum atomic E-state index is -0.701. The van der Waals surface area contributed by atoms with E-state index >= 15 is 0 Å². The van der Waals surface area contributed by atoms with Gasteiger partial charge >= 0.3 is 5.97 Å². The Morgan fingerprint density at radius 1 is 1.29 bits per heavy atom. The van der Waals surface area contributed by atoms with Gasteiger partial charge in [-0.2, -0.15) is 0 Å². The molecule has 1 spiro atoms. The summed E-state index contributed by atoms with van der Waals surface area (Å²) < 4.78 is 5.41. The van der Waals surface area contributed by atoms with Crippen LogP contribution in [0.2, 0.25) is 0 Å². The number of carbonyl (C=O) groups is 2. The number of amides is 1. The Kier molecular flexibility index (Phi) is 4.59. The van der Waals surface area contributed by atoms with Gasteiger partial charge in [0.05, 0.1) is 13.1 Å². The van der Waals surface area contributed by atoms with Gasteiger partial charge in [-0.25, -0.2) is 0 Å². The molecule has 0 aromatic carbocycles. The van der Waals surface area contributed by atoms with Crippen LogP contribution in [0.4, 0.5) is 0 Å². The first kappa shape index (κ1) is 16.6. The molecule has 1 amide bonds. The van der Waals surface area contributed by atoms with Gasteiger partial charge in [-0.15, -0.1) is 11.8 Å². The zero-order valence-electron chi connectivity index (χ0n) is 13.6. The molecule has 0 aromatic heterocycles. The molecule has 1 unspecified atom stereocenters. The number of nitrogens with one attached hydrogen (secondary N) is 1. The summed E-state index contributed by atoms with van der Waals surface area (Å²) >= 11 is 1.87. The van der Waals surface area contributed by atoms with E-state index in [9.17, 15) is 9.59 Å². The molecule has 21 heavy (non-hydrogen) atoms. The molecule has 0 aromatic rings. The van der Waals surface area contributed by atoms with Crippen molar-refractivity contribution >= 4 is 23.6 Å². The summed E-state index contributed by atoms with van der Waals surface area (Å²) in [7, 11) is 0. The van der Waals surface area contributed by atoms with Crippen LogP contribution < -0.4 is 5.32 Å². The van der Waals surface area contributed by atoms with E-state index in [-0.39, 0.29) is 16.7 Å². The average Bonchev–Trinajstić information content (AvgIpc) is 2.72. The third-order valence-corrected chi connectivity index (χ3v) is 5.09. The third kappa shape index (κ3) is 3.72. The molecule has 2 saturated heterocycles. The van der Waals surface area contributed by atoms with Crippen LogP contribution in [0.3, 0.4) is 0 Å². The van der Waals surface area contributed by atoms with Gasteiger partial charge in [-0.3, -0.25) is 14.9 Å². The lowest BCUT2D eigenvalue weighted by atomic mass is 9.92. The van der Waals surface area contributed by atoms with Crippen molar-refractivity contribution in [2.75, 3.05) is 25.4 Å². The van der Waals surface area contributed by atoms with E-state index in [1.807, 2.05) is 46.4 Å². The topological polar surface area (TPSA) is 58.6 Å². The van der Waals surface area contributed by atoms with E-state index in [1.165, 1.54) is 0 Å². The van der Waals surface area contributed by atoms with E-state index in [1.54, 1.807) is 4.90 Å². The zero-order valence-corrected chi connectivity index (χ0v) is 14.4. The normalized spacial score (nSPS) is 22.3. The standard InChI is InChI=1S/C15H26N2O3S/c1-10(2)11(13(19)20-14(3,4)5)12(18)17-8-15(9-17)16-6-7-21-15/h10-11,16H,6-9H2,1-5H3. The van der Waals surface area contributed by atoms with Crippen molar-refractivity contribution in [1.29, 1.82) is 0 Å². The average molecular weight is 314 g/mol. The van der Waals surface area contributed by atoms with Crippen molar-refractivity contribution in [3.63, 3.8) is 0 Å². The monoisotopic (exact) mass is 314 g/mol. The largest absolute Gasteiger partial charge is 0.459 e. The highest BCUT2D eigenvalue weighted by Crippen LogP contribution is 2.37. The molecule has 5 nitrogen and oxygen atoms in total. The molecule has 2 fully saturated rings. The second-order valence-corrected chi connectivity index (χ2v) is 8.70.